The van der Waals surface area contributed by atoms with Gasteiger partial charge in [0, 0.05) is 30.6 Å². The minimum atomic E-state index is 0.524. The molecule has 0 aromatic heterocycles. The zero-order valence-corrected chi connectivity index (χ0v) is 15.4. The summed E-state index contributed by atoms with van der Waals surface area (Å²) >= 11 is 0. The maximum absolute atomic E-state index is 2.64. The van der Waals surface area contributed by atoms with Gasteiger partial charge in [-0.25, -0.2) is 0 Å². The second kappa shape index (κ2) is 6.32. The molecule has 2 aliphatic heterocycles. The fourth-order valence-electron chi connectivity index (χ4n) is 5.01. The Labute approximate surface area is 156 Å². The van der Waals surface area contributed by atoms with E-state index in [9.17, 15) is 0 Å². The van der Waals surface area contributed by atoms with Crippen molar-refractivity contribution in [1.82, 2.24) is 0 Å². The maximum atomic E-state index is 2.64. The summed E-state index contributed by atoms with van der Waals surface area (Å²) in [4.78, 5) is 2.64. The van der Waals surface area contributed by atoms with Crippen LogP contribution in [-0.4, -0.2) is 13.1 Å². The Kier molecular flexibility index (Phi) is 3.81. The molecule has 0 amide bonds. The Morgan fingerprint density at radius 2 is 1.15 bits per heavy atom. The highest BCUT2D eigenvalue weighted by Gasteiger charge is 2.34. The summed E-state index contributed by atoms with van der Waals surface area (Å²) in [5.41, 5.74) is 8.92. The lowest BCUT2D eigenvalue weighted by molar-refractivity contribution is 0.570. The van der Waals surface area contributed by atoms with Crippen molar-refractivity contribution in [3.8, 4) is 0 Å². The molecule has 0 bridgehead atoms. The lowest BCUT2D eigenvalue weighted by Gasteiger charge is -2.43. The van der Waals surface area contributed by atoms with Crippen LogP contribution >= 0.6 is 0 Å². The molecule has 3 aromatic rings. The lowest BCUT2D eigenvalue weighted by Crippen LogP contribution is -2.37. The van der Waals surface area contributed by atoms with Gasteiger partial charge >= 0.3 is 0 Å². The van der Waals surface area contributed by atoms with Crippen molar-refractivity contribution in [2.75, 3.05) is 18.0 Å². The molecular formula is C25H25N. The first-order valence-electron chi connectivity index (χ1n) is 9.80. The Morgan fingerprint density at radius 1 is 0.692 bits per heavy atom. The Bertz CT molecular complexity index is 841. The smallest absolute Gasteiger partial charge is 0.0444 e. The molecule has 0 saturated heterocycles. The molecule has 130 valence electrons. The topological polar surface area (TPSA) is 3.24 Å². The van der Waals surface area contributed by atoms with Gasteiger partial charge in [-0.05, 0) is 42.0 Å². The molecule has 0 radical (unpaired) electrons. The van der Waals surface area contributed by atoms with E-state index in [2.05, 4.69) is 84.6 Å². The molecule has 0 fully saturated rings. The van der Waals surface area contributed by atoms with Gasteiger partial charge in [-0.15, -0.1) is 0 Å². The van der Waals surface area contributed by atoms with Crippen LogP contribution in [0.3, 0.4) is 0 Å². The minimum absolute atomic E-state index is 0.524. The quantitative estimate of drug-likeness (QED) is 0.564. The first-order valence-corrected chi connectivity index (χ1v) is 9.80. The van der Waals surface area contributed by atoms with E-state index in [4.69, 9.17) is 0 Å². The first-order chi connectivity index (χ1) is 12.8. The van der Waals surface area contributed by atoms with Crippen LogP contribution in [0.25, 0.3) is 0 Å². The van der Waals surface area contributed by atoms with Crippen molar-refractivity contribution >= 4 is 5.69 Å². The predicted molar refractivity (Wildman–Crippen MR) is 109 cm³/mol. The van der Waals surface area contributed by atoms with E-state index in [0.29, 0.717) is 11.8 Å². The third kappa shape index (κ3) is 2.54. The van der Waals surface area contributed by atoms with Gasteiger partial charge in [0.15, 0.2) is 0 Å². The number of aryl methyl sites for hydroxylation is 1. The Hall–Kier alpha value is -2.54. The van der Waals surface area contributed by atoms with Crippen molar-refractivity contribution in [2.45, 2.75) is 31.6 Å². The SMILES string of the molecule is Cc1cc2c3c(c1)C(c1ccccc1)CCN3CCC2c1ccccc1. The lowest BCUT2D eigenvalue weighted by atomic mass is 9.76. The summed E-state index contributed by atoms with van der Waals surface area (Å²) in [5.74, 6) is 1.05. The normalized spacial score (nSPS) is 21.3. The highest BCUT2D eigenvalue weighted by Crippen LogP contribution is 2.48. The van der Waals surface area contributed by atoms with Crippen LogP contribution in [0.5, 0.6) is 0 Å². The fourth-order valence-corrected chi connectivity index (χ4v) is 5.01. The van der Waals surface area contributed by atoms with Gasteiger partial charge in [-0.2, -0.15) is 0 Å². The molecule has 26 heavy (non-hydrogen) atoms. The highest BCUT2D eigenvalue weighted by molar-refractivity contribution is 5.69. The third-order valence-corrected chi connectivity index (χ3v) is 6.16. The molecule has 2 atom stereocenters. The number of rotatable bonds is 2. The van der Waals surface area contributed by atoms with Gasteiger partial charge in [0.2, 0.25) is 0 Å². The summed E-state index contributed by atoms with van der Waals surface area (Å²) in [5, 5.41) is 0. The van der Waals surface area contributed by atoms with Gasteiger partial charge < -0.3 is 4.90 Å². The average molecular weight is 339 g/mol. The maximum Gasteiger partial charge on any atom is 0.0444 e. The first kappa shape index (κ1) is 15.7. The Balaban J connectivity index is 1.68. The van der Waals surface area contributed by atoms with E-state index < -0.39 is 0 Å². The second-order valence-electron chi connectivity index (χ2n) is 7.78. The van der Waals surface area contributed by atoms with Crippen LogP contribution < -0.4 is 4.90 Å². The van der Waals surface area contributed by atoms with Crippen molar-refractivity contribution in [2.24, 2.45) is 0 Å². The van der Waals surface area contributed by atoms with Crippen LogP contribution in [0.2, 0.25) is 0 Å². The summed E-state index contributed by atoms with van der Waals surface area (Å²) < 4.78 is 0. The largest absolute Gasteiger partial charge is 0.371 e. The predicted octanol–water partition coefficient (Wildman–Crippen LogP) is 5.87. The van der Waals surface area contributed by atoms with Crippen LogP contribution in [0.1, 0.15) is 52.5 Å². The molecule has 2 unspecified atom stereocenters. The highest BCUT2D eigenvalue weighted by atomic mass is 15.1. The summed E-state index contributed by atoms with van der Waals surface area (Å²) in [6, 6.07) is 27.0. The zero-order valence-electron chi connectivity index (χ0n) is 15.4. The van der Waals surface area contributed by atoms with Crippen molar-refractivity contribution in [3.05, 3.63) is 101 Å². The molecule has 0 saturated carbocycles. The number of hydrogen-bond acceptors (Lipinski definition) is 1. The Morgan fingerprint density at radius 3 is 1.62 bits per heavy atom. The molecule has 0 aliphatic carbocycles. The second-order valence-corrected chi connectivity index (χ2v) is 7.78. The monoisotopic (exact) mass is 339 g/mol. The van der Waals surface area contributed by atoms with E-state index in [1.54, 1.807) is 0 Å². The summed E-state index contributed by atoms with van der Waals surface area (Å²) in [7, 11) is 0. The molecule has 5 rings (SSSR count). The van der Waals surface area contributed by atoms with Gasteiger partial charge in [0.1, 0.15) is 0 Å². The van der Waals surface area contributed by atoms with Crippen molar-refractivity contribution in [1.29, 1.82) is 0 Å². The van der Waals surface area contributed by atoms with Gasteiger partial charge in [0.05, 0.1) is 0 Å². The summed E-state index contributed by atoms with van der Waals surface area (Å²) in [6.07, 6.45) is 2.44. The molecule has 0 N–H and O–H groups in total. The number of nitrogens with zero attached hydrogens (tertiary/aromatic N) is 1. The average Bonchev–Trinajstić information content (AvgIpc) is 2.69. The van der Waals surface area contributed by atoms with Crippen molar-refractivity contribution in [3.63, 3.8) is 0 Å². The van der Waals surface area contributed by atoms with Gasteiger partial charge in [0.25, 0.3) is 0 Å². The molecule has 2 heterocycles. The third-order valence-electron chi connectivity index (χ3n) is 6.16. The van der Waals surface area contributed by atoms with Crippen LogP contribution in [-0.2, 0) is 0 Å². The number of benzene rings is 3. The molecule has 1 nitrogen and oxygen atoms in total. The zero-order chi connectivity index (χ0) is 17.5. The standard InChI is InChI=1S/C25H25N/c1-18-16-23-21(19-8-4-2-5-9-19)12-14-26-15-13-22(24(17-18)25(23)26)20-10-6-3-7-11-20/h2-11,16-17,21-22H,12-15H2,1H3. The number of anilines is 1. The van der Waals surface area contributed by atoms with E-state index in [1.807, 2.05) is 0 Å². The minimum Gasteiger partial charge on any atom is -0.371 e. The van der Waals surface area contributed by atoms with Crippen LogP contribution in [0.15, 0.2) is 72.8 Å². The van der Waals surface area contributed by atoms with Crippen molar-refractivity contribution < 1.29 is 0 Å². The van der Waals surface area contributed by atoms with Crippen LogP contribution in [0, 0.1) is 6.92 Å². The molecule has 2 aliphatic rings. The molecule has 1 heteroatoms. The molecule has 0 spiro atoms. The van der Waals surface area contributed by atoms with Gasteiger partial charge in [-0.1, -0.05) is 78.4 Å². The fraction of sp³-hybridized carbons (Fsp3) is 0.280. The van der Waals surface area contributed by atoms with E-state index in [0.717, 1.165) is 0 Å². The van der Waals surface area contributed by atoms with E-state index >= 15 is 0 Å². The van der Waals surface area contributed by atoms with Gasteiger partial charge in [-0.3, -0.25) is 0 Å². The number of hydrogen-bond donors (Lipinski definition) is 0. The van der Waals surface area contributed by atoms with E-state index in [1.165, 1.54) is 59.4 Å². The van der Waals surface area contributed by atoms with E-state index in [-0.39, 0.29) is 0 Å². The molecular weight excluding hydrogens is 314 g/mol. The molecule has 3 aromatic carbocycles. The summed E-state index contributed by atoms with van der Waals surface area (Å²) in [6.45, 7) is 4.60. The van der Waals surface area contributed by atoms with Crippen LogP contribution in [0.4, 0.5) is 5.69 Å².